The summed E-state index contributed by atoms with van der Waals surface area (Å²) in [7, 11) is 0. The quantitative estimate of drug-likeness (QED) is 0.0622. The summed E-state index contributed by atoms with van der Waals surface area (Å²) in [5.41, 5.74) is 1.63. The third-order valence-electron chi connectivity index (χ3n) is 8.58. The van der Waals surface area contributed by atoms with E-state index >= 15 is 0 Å². The molecular weight excluding hydrogens is 740 g/mol. The molecule has 0 heterocycles. The Bertz CT molecular complexity index is 2060. The van der Waals surface area contributed by atoms with E-state index in [1.165, 1.54) is 67.6 Å². The van der Waals surface area contributed by atoms with Crippen LogP contribution in [0.25, 0.3) is 0 Å². The van der Waals surface area contributed by atoms with Gasteiger partial charge in [-0.2, -0.15) is 0 Å². The molecule has 0 aliphatic carbocycles. The molecule has 0 aliphatic heterocycles. The van der Waals surface area contributed by atoms with Crippen molar-refractivity contribution in [3.8, 4) is 28.7 Å². The minimum absolute atomic E-state index is 0.0225. The maximum atomic E-state index is 13.6. The van der Waals surface area contributed by atoms with Gasteiger partial charge in [0.05, 0.1) is 13.0 Å². The van der Waals surface area contributed by atoms with Crippen LogP contribution in [0.5, 0.6) is 28.7 Å². The fraction of sp³-hybridized carbons (Fsp3) is 0.250. The highest BCUT2D eigenvalue weighted by Crippen LogP contribution is 2.29. The van der Waals surface area contributed by atoms with E-state index in [4.69, 9.17) is 0 Å². The number of aromatic hydroxyl groups is 5. The summed E-state index contributed by atoms with van der Waals surface area (Å²) in [5.74, 6) is -6.30. The van der Waals surface area contributed by atoms with Gasteiger partial charge in [0.15, 0.2) is 23.0 Å². The van der Waals surface area contributed by atoms with E-state index in [0.717, 1.165) is 0 Å². The summed E-state index contributed by atoms with van der Waals surface area (Å²) in [4.78, 5) is 78.7. The fourth-order valence-corrected chi connectivity index (χ4v) is 5.60. The highest BCUT2D eigenvalue weighted by atomic mass is 16.3. The molecule has 11 N–H and O–H groups in total. The zero-order valence-electron chi connectivity index (χ0n) is 30.8. The molecule has 0 saturated carbocycles. The predicted molar refractivity (Wildman–Crippen MR) is 204 cm³/mol. The highest BCUT2D eigenvalue weighted by molar-refractivity contribution is 5.96. The predicted octanol–water partition coefficient (Wildman–Crippen LogP) is 0.613. The number of nitrogens with one attached hydrogen (secondary N) is 6. The van der Waals surface area contributed by atoms with Crippen LogP contribution in [0.15, 0.2) is 91.0 Å². The van der Waals surface area contributed by atoms with Gasteiger partial charge >= 0.3 is 0 Å². The van der Waals surface area contributed by atoms with Crippen molar-refractivity contribution < 1.29 is 54.3 Å². The van der Waals surface area contributed by atoms with Gasteiger partial charge in [-0.3, -0.25) is 28.8 Å². The van der Waals surface area contributed by atoms with Gasteiger partial charge in [0, 0.05) is 44.0 Å². The van der Waals surface area contributed by atoms with Gasteiger partial charge in [0.2, 0.25) is 35.4 Å². The van der Waals surface area contributed by atoms with Gasteiger partial charge in [0.25, 0.3) is 0 Å². The van der Waals surface area contributed by atoms with Crippen molar-refractivity contribution in [3.63, 3.8) is 0 Å². The molecule has 0 saturated heterocycles. The molecule has 0 radical (unpaired) electrons. The topological polar surface area (TPSA) is 276 Å². The molecule has 0 bridgehead atoms. The summed E-state index contributed by atoms with van der Waals surface area (Å²) >= 11 is 0. The second kappa shape index (κ2) is 20.4. The van der Waals surface area contributed by atoms with Crippen LogP contribution >= 0.6 is 0 Å². The largest absolute Gasteiger partial charge is 0.508 e. The lowest BCUT2D eigenvalue weighted by molar-refractivity contribution is -0.134. The number of carbonyl (C=O) groups is 6. The lowest BCUT2D eigenvalue weighted by atomic mass is 10.0. The van der Waals surface area contributed by atoms with E-state index in [1.807, 2.05) is 0 Å². The molecule has 17 heteroatoms. The van der Waals surface area contributed by atoms with Crippen LogP contribution in [0.1, 0.15) is 35.6 Å². The zero-order valence-corrected chi connectivity index (χ0v) is 30.8. The number of amides is 6. The Labute approximate surface area is 327 Å². The van der Waals surface area contributed by atoms with E-state index < -0.39 is 83.8 Å². The van der Waals surface area contributed by atoms with Gasteiger partial charge in [-0.15, -0.1) is 0 Å². The maximum absolute atomic E-state index is 13.6. The van der Waals surface area contributed by atoms with Crippen LogP contribution < -0.4 is 31.9 Å². The number of para-hydroxylation sites is 2. The third kappa shape index (κ3) is 13.2. The Balaban J connectivity index is 1.47. The second-order valence-corrected chi connectivity index (χ2v) is 13.0. The second-order valence-electron chi connectivity index (χ2n) is 13.0. The molecule has 4 aromatic carbocycles. The number of carbonyl (C=O) groups excluding carboxylic acids is 6. The molecule has 300 valence electrons. The summed E-state index contributed by atoms with van der Waals surface area (Å²) in [6, 6.07) is 19.0. The van der Waals surface area contributed by atoms with Crippen LogP contribution in [-0.4, -0.2) is 85.6 Å². The Morgan fingerprint density at radius 2 is 1.04 bits per heavy atom. The average molecular weight is 785 g/mol. The van der Waals surface area contributed by atoms with Crippen molar-refractivity contribution in [2.24, 2.45) is 0 Å². The molecule has 0 aliphatic rings. The summed E-state index contributed by atoms with van der Waals surface area (Å²) in [6.45, 7) is 0.0527. The summed E-state index contributed by atoms with van der Waals surface area (Å²) < 4.78 is 0. The zero-order chi connectivity index (χ0) is 41.5. The van der Waals surface area contributed by atoms with Crippen LogP contribution in [0.2, 0.25) is 0 Å². The highest BCUT2D eigenvalue weighted by Gasteiger charge is 2.29. The van der Waals surface area contributed by atoms with Crippen molar-refractivity contribution in [1.29, 1.82) is 0 Å². The average Bonchev–Trinajstić information content (AvgIpc) is 3.18. The van der Waals surface area contributed by atoms with Gasteiger partial charge in [-0.1, -0.05) is 66.7 Å². The van der Waals surface area contributed by atoms with Crippen molar-refractivity contribution in [3.05, 3.63) is 113 Å². The molecule has 0 aromatic heterocycles. The number of phenolic OH excluding ortho intramolecular Hbond substituents is 5. The lowest BCUT2D eigenvalue weighted by Crippen LogP contribution is -2.56. The molecule has 4 rings (SSSR count). The number of hydrogen-bond donors (Lipinski definition) is 11. The molecule has 0 spiro atoms. The third-order valence-corrected chi connectivity index (χ3v) is 8.58. The van der Waals surface area contributed by atoms with Gasteiger partial charge < -0.3 is 57.4 Å². The molecular formula is C40H44N6O11. The summed E-state index contributed by atoms with van der Waals surface area (Å²) in [6.07, 6.45) is -0.676. The van der Waals surface area contributed by atoms with Crippen molar-refractivity contribution in [1.82, 2.24) is 31.9 Å². The first kappa shape index (κ1) is 42.4. The molecule has 0 fully saturated rings. The minimum Gasteiger partial charge on any atom is -0.508 e. The van der Waals surface area contributed by atoms with Gasteiger partial charge in [-0.05, 0) is 35.4 Å². The van der Waals surface area contributed by atoms with Crippen LogP contribution in [0.4, 0.5) is 0 Å². The van der Waals surface area contributed by atoms with Crippen molar-refractivity contribution >= 4 is 35.4 Å². The van der Waals surface area contributed by atoms with E-state index in [2.05, 4.69) is 31.9 Å². The van der Waals surface area contributed by atoms with Gasteiger partial charge in [0.1, 0.15) is 23.9 Å². The van der Waals surface area contributed by atoms with Gasteiger partial charge in [-0.25, -0.2) is 0 Å². The lowest BCUT2D eigenvalue weighted by Gasteiger charge is -2.23. The fourth-order valence-electron chi connectivity index (χ4n) is 5.60. The van der Waals surface area contributed by atoms with E-state index in [1.54, 1.807) is 30.3 Å². The number of rotatable bonds is 18. The first-order valence-corrected chi connectivity index (χ1v) is 17.7. The molecule has 3 atom stereocenters. The first-order valence-electron chi connectivity index (χ1n) is 17.7. The molecule has 0 unspecified atom stereocenters. The molecule has 6 amide bonds. The van der Waals surface area contributed by atoms with E-state index in [0.29, 0.717) is 11.1 Å². The SMILES string of the molecule is CC(=O)N[C@@H](Cc1ccc(O)cc1)C(=O)N[C@@H](CC(=O)NCc1cccc(O)c1O)C(=O)NCC(=O)N[C@@H](Cc1ccccc1)C(=O)NCc1cccc(O)c1O. The summed E-state index contributed by atoms with van der Waals surface area (Å²) in [5, 5.41) is 64.5. The van der Waals surface area contributed by atoms with Crippen molar-refractivity contribution in [2.45, 2.75) is 57.4 Å². The smallest absolute Gasteiger partial charge is 0.243 e. The van der Waals surface area contributed by atoms with Crippen molar-refractivity contribution in [2.75, 3.05) is 6.54 Å². The Kier molecular flexibility index (Phi) is 15.2. The Morgan fingerprint density at radius 1 is 0.509 bits per heavy atom. The number of benzene rings is 4. The van der Waals surface area contributed by atoms with E-state index in [9.17, 15) is 54.3 Å². The normalized spacial score (nSPS) is 12.2. The molecule has 57 heavy (non-hydrogen) atoms. The molecule has 4 aromatic rings. The monoisotopic (exact) mass is 784 g/mol. The van der Waals surface area contributed by atoms with Crippen LogP contribution in [-0.2, 0) is 54.7 Å². The number of hydrogen-bond acceptors (Lipinski definition) is 11. The van der Waals surface area contributed by atoms with Crippen LogP contribution in [0.3, 0.4) is 0 Å². The molecule has 17 nitrogen and oxygen atoms in total. The van der Waals surface area contributed by atoms with Crippen LogP contribution in [0, 0.1) is 0 Å². The standard InChI is InChI=1S/C40H44N6O11/c1-23(47)44-30(18-25-13-15-28(48)16-14-25)40(57)46-31(19-34(51)41-20-26-9-5-11-32(49)36(26)53)39(56)43-22-35(52)45-29(17-24-7-3-2-4-8-24)38(55)42-21-27-10-6-12-33(50)37(27)54/h2-16,29-31,48-50,53-54H,17-22H2,1H3,(H,41,51)(H,42,55)(H,43,56)(H,44,47)(H,45,52)(H,46,57)/t29-,30-,31-/m0/s1. The van der Waals surface area contributed by atoms with E-state index in [-0.39, 0.29) is 48.6 Å². The first-order chi connectivity index (χ1) is 27.2. The maximum Gasteiger partial charge on any atom is 0.243 e. The Morgan fingerprint density at radius 3 is 1.61 bits per heavy atom. The number of phenols is 5. The Hall–Kier alpha value is -7.30. The minimum atomic E-state index is -1.60.